The highest BCUT2D eigenvalue weighted by Gasteiger charge is 2.32. The van der Waals surface area contributed by atoms with E-state index >= 15 is 0 Å². The minimum absolute atomic E-state index is 0.125. The Hall–Kier alpha value is -2.46. The maximum atomic E-state index is 14.0. The van der Waals surface area contributed by atoms with Crippen molar-refractivity contribution in [3.63, 3.8) is 0 Å². The van der Waals surface area contributed by atoms with Gasteiger partial charge in [0.2, 0.25) is 5.78 Å². The molecule has 1 aromatic carbocycles. The van der Waals surface area contributed by atoms with Crippen LogP contribution in [-0.4, -0.2) is 44.4 Å². The molecule has 0 saturated carbocycles. The first-order chi connectivity index (χ1) is 13.0. The van der Waals surface area contributed by atoms with Crippen LogP contribution in [0.25, 0.3) is 0 Å². The van der Waals surface area contributed by atoms with Crippen molar-refractivity contribution in [3.05, 3.63) is 46.7 Å². The van der Waals surface area contributed by atoms with Gasteiger partial charge in [-0.25, -0.2) is 22.4 Å². The molecule has 0 amide bonds. The van der Waals surface area contributed by atoms with Gasteiger partial charge in [0.05, 0.1) is 17.7 Å². The summed E-state index contributed by atoms with van der Waals surface area (Å²) in [6.07, 6.45) is 0.0731. The molecule has 0 spiro atoms. The van der Waals surface area contributed by atoms with Crippen LogP contribution in [0.15, 0.2) is 17.8 Å². The van der Waals surface area contributed by atoms with Crippen LogP contribution in [-0.2, 0) is 19.0 Å². The second-order valence-electron chi connectivity index (χ2n) is 6.12. The molecule has 156 valence electrons. The number of esters is 1. The average molecular weight is 407 g/mol. The SMILES string of the molecule is CCOC(=O)/C(=C\NC(C)(C)C(OC)OC)C(=O)c1cc(F)c(F)c(F)c1F. The fourth-order valence-electron chi connectivity index (χ4n) is 2.32. The molecule has 0 fully saturated rings. The van der Waals surface area contributed by atoms with Gasteiger partial charge in [0.15, 0.2) is 29.6 Å². The van der Waals surface area contributed by atoms with E-state index in [2.05, 4.69) is 5.32 Å². The predicted molar refractivity (Wildman–Crippen MR) is 90.3 cm³/mol. The second-order valence-corrected chi connectivity index (χ2v) is 6.12. The van der Waals surface area contributed by atoms with Crippen molar-refractivity contribution in [1.29, 1.82) is 0 Å². The van der Waals surface area contributed by atoms with Crippen molar-refractivity contribution in [2.75, 3.05) is 20.8 Å². The first kappa shape index (κ1) is 23.6. The highest BCUT2D eigenvalue weighted by atomic mass is 19.2. The van der Waals surface area contributed by atoms with E-state index in [1.54, 1.807) is 13.8 Å². The van der Waals surface area contributed by atoms with E-state index in [1.165, 1.54) is 21.1 Å². The number of methoxy groups -OCH3 is 2. The van der Waals surface area contributed by atoms with Gasteiger partial charge in [0.1, 0.15) is 5.57 Å². The van der Waals surface area contributed by atoms with Crippen LogP contribution in [0.5, 0.6) is 0 Å². The molecule has 0 radical (unpaired) electrons. The zero-order valence-electron chi connectivity index (χ0n) is 16.0. The van der Waals surface area contributed by atoms with Crippen molar-refractivity contribution in [2.45, 2.75) is 32.6 Å². The van der Waals surface area contributed by atoms with Crippen LogP contribution in [0, 0.1) is 23.3 Å². The van der Waals surface area contributed by atoms with E-state index in [0.29, 0.717) is 0 Å². The summed E-state index contributed by atoms with van der Waals surface area (Å²) in [5, 5.41) is 2.69. The lowest BCUT2D eigenvalue weighted by Gasteiger charge is -2.32. The van der Waals surface area contributed by atoms with Crippen LogP contribution < -0.4 is 5.32 Å². The lowest BCUT2D eigenvalue weighted by atomic mass is 10.0. The maximum Gasteiger partial charge on any atom is 0.343 e. The van der Waals surface area contributed by atoms with Crippen molar-refractivity contribution < 1.29 is 41.4 Å². The minimum Gasteiger partial charge on any atom is -0.462 e. The number of rotatable bonds is 9. The molecule has 10 heteroatoms. The van der Waals surface area contributed by atoms with Crippen LogP contribution in [0.3, 0.4) is 0 Å². The lowest BCUT2D eigenvalue weighted by Crippen LogP contribution is -2.49. The van der Waals surface area contributed by atoms with E-state index in [4.69, 9.17) is 14.2 Å². The molecule has 0 bridgehead atoms. The quantitative estimate of drug-likeness (QED) is 0.0781. The Morgan fingerprint density at radius 1 is 1.11 bits per heavy atom. The van der Waals surface area contributed by atoms with Gasteiger partial charge in [0.25, 0.3) is 0 Å². The van der Waals surface area contributed by atoms with Crippen molar-refractivity contribution in [1.82, 2.24) is 5.32 Å². The normalized spacial score (nSPS) is 12.3. The smallest absolute Gasteiger partial charge is 0.343 e. The number of hydrogen-bond acceptors (Lipinski definition) is 6. The van der Waals surface area contributed by atoms with Gasteiger partial charge in [-0.15, -0.1) is 0 Å². The second kappa shape index (κ2) is 9.65. The summed E-state index contributed by atoms with van der Waals surface area (Å²) in [7, 11) is 2.72. The summed E-state index contributed by atoms with van der Waals surface area (Å²) >= 11 is 0. The van der Waals surface area contributed by atoms with Gasteiger partial charge < -0.3 is 19.5 Å². The number of nitrogens with one attached hydrogen (secondary N) is 1. The van der Waals surface area contributed by atoms with Gasteiger partial charge in [-0.05, 0) is 26.8 Å². The summed E-state index contributed by atoms with van der Waals surface area (Å²) in [4.78, 5) is 24.7. The molecule has 0 unspecified atom stereocenters. The Morgan fingerprint density at radius 2 is 1.68 bits per heavy atom. The summed E-state index contributed by atoms with van der Waals surface area (Å²) in [6.45, 7) is 4.54. The van der Waals surface area contributed by atoms with E-state index in [-0.39, 0.29) is 12.7 Å². The molecule has 0 aliphatic heterocycles. The molecule has 6 nitrogen and oxygen atoms in total. The fraction of sp³-hybridized carbons (Fsp3) is 0.444. The molecular formula is C18H21F4NO5. The number of halogens is 4. The largest absolute Gasteiger partial charge is 0.462 e. The third-order valence-corrected chi connectivity index (χ3v) is 3.69. The predicted octanol–water partition coefficient (Wildman–Crippen LogP) is 2.86. The Labute approximate surface area is 159 Å². The van der Waals surface area contributed by atoms with Gasteiger partial charge in [-0.3, -0.25) is 4.79 Å². The molecular weight excluding hydrogens is 386 g/mol. The fourth-order valence-corrected chi connectivity index (χ4v) is 2.32. The Morgan fingerprint density at radius 3 is 2.18 bits per heavy atom. The summed E-state index contributed by atoms with van der Waals surface area (Å²) in [5.41, 5.74) is -2.91. The topological polar surface area (TPSA) is 73.9 Å². The van der Waals surface area contributed by atoms with E-state index in [0.717, 1.165) is 6.20 Å². The first-order valence-electron chi connectivity index (χ1n) is 8.10. The standard InChI is InChI=1S/C18H21F4NO5/c1-6-28-16(25)10(8-23-18(2,3)17(26-4)27-5)15(24)9-7-11(19)13(21)14(22)12(9)20/h7-8,17,23H,6H2,1-5H3/b10-8-. The van der Waals surface area contributed by atoms with E-state index in [9.17, 15) is 27.2 Å². The van der Waals surface area contributed by atoms with Gasteiger partial charge >= 0.3 is 5.97 Å². The number of Topliss-reactive ketones (excluding diaryl/α,β-unsaturated/α-hetero) is 1. The minimum atomic E-state index is -2.17. The molecule has 0 aromatic heterocycles. The van der Waals surface area contributed by atoms with Crippen molar-refractivity contribution >= 4 is 11.8 Å². The molecule has 0 aliphatic carbocycles. The summed E-state index contributed by atoms with van der Waals surface area (Å²) < 4.78 is 69.0. The molecule has 28 heavy (non-hydrogen) atoms. The molecule has 0 atom stereocenters. The number of benzene rings is 1. The Balaban J connectivity index is 3.40. The van der Waals surface area contributed by atoms with Crippen LogP contribution in [0.1, 0.15) is 31.1 Å². The molecule has 0 aliphatic rings. The lowest BCUT2D eigenvalue weighted by molar-refractivity contribution is -0.144. The third-order valence-electron chi connectivity index (χ3n) is 3.69. The van der Waals surface area contributed by atoms with E-state index < -0.39 is 58.0 Å². The highest BCUT2D eigenvalue weighted by molar-refractivity contribution is 6.24. The Kier molecular flexibility index (Phi) is 8.13. The van der Waals surface area contributed by atoms with Crippen molar-refractivity contribution in [3.8, 4) is 0 Å². The zero-order valence-corrected chi connectivity index (χ0v) is 16.0. The number of ether oxygens (including phenoxy) is 3. The number of carbonyl (C=O) groups is 2. The highest BCUT2D eigenvalue weighted by Crippen LogP contribution is 2.22. The summed E-state index contributed by atoms with van der Waals surface area (Å²) in [6, 6.07) is 0.168. The maximum absolute atomic E-state index is 14.0. The molecule has 0 saturated heterocycles. The molecule has 1 aromatic rings. The van der Waals surface area contributed by atoms with E-state index in [1.807, 2.05) is 0 Å². The van der Waals surface area contributed by atoms with Gasteiger partial charge in [0, 0.05) is 20.4 Å². The van der Waals surface area contributed by atoms with Crippen molar-refractivity contribution in [2.24, 2.45) is 0 Å². The first-order valence-corrected chi connectivity index (χ1v) is 8.10. The average Bonchev–Trinajstić information content (AvgIpc) is 2.63. The Bertz CT molecular complexity index is 776. The summed E-state index contributed by atoms with van der Waals surface area (Å²) in [5.74, 6) is -10.5. The molecule has 1 rings (SSSR count). The van der Waals surface area contributed by atoms with Gasteiger partial charge in [-0.1, -0.05) is 0 Å². The van der Waals surface area contributed by atoms with Gasteiger partial charge in [-0.2, -0.15) is 0 Å². The third kappa shape index (κ3) is 5.08. The monoisotopic (exact) mass is 407 g/mol. The molecule has 1 N–H and O–H groups in total. The van der Waals surface area contributed by atoms with Crippen LogP contribution in [0.4, 0.5) is 17.6 Å². The zero-order chi connectivity index (χ0) is 21.6. The number of hydrogen-bond donors (Lipinski definition) is 1. The van der Waals surface area contributed by atoms with Crippen LogP contribution in [0.2, 0.25) is 0 Å². The number of carbonyl (C=O) groups excluding carboxylic acids is 2. The van der Waals surface area contributed by atoms with Crippen LogP contribution >= 0.6 is 0 Å². The molecule has 0 heterocycles. The number of ketones is 1.